The fourth-order valence-electron chi connectivity index (χ4n) is 2.47. The highest BCUT2D eigenvalue weighted by atomic mass is 19.1. The Hall–Kier alpha value is -1.42. The average molecular weight is 264 g/mol. The lowest BCUT2D eigenvalue weighted by molar-refractivity contribution is -0.130. The molecule has 0 aliphatic carbocycles. The number of hydrogen-bond donors (Lipinski definition) is 1. The second-order valence-corrected chi connectivity index (χ2v) is 5.03. The molecule has 1 amide bonds. The molecule has 1 aliphatic heterocycles. The van der Waals surface area contributed by atoms with E-state index >= 15 is 0 Å². The van der Waals surface area contributed by atoms with Crippen LogP contribution in [0.2, 0.25) is 0 Å². The zero-order valence-electron chi connectivity index (χ0n) is 11.4. The lowest BCUT2D eigenvalue weighted by Crippen LogP contribution is -2.41. The van der Waals surface area contributed by atoms with Gasteiger partial charge in [-0.15, -0.1) is 0 Å². The first kappa shape index (κ1) is 14.0. The van der Waals surface area contributed by atoms with E-state index in [1.165, 1.54) is 18.6 Å². The lowest BCUT2D eigenvalue weighted by atomic mass is 10.1. The van der Waals surface area contributed by atoms with Crippen LogP contribution in [0.25, 0.3) is 0 Å². The summed E-state index contributed by atoms with van der Waals surface area (Å²) in [6.07, 6.45) is 2.68. The van der Waals surface area contributed by atoms with Crippen LogP contribution >= 0.6 is 0 Å². The summed E-state index contributed by atoms with van der Waals surface area (Å²) in [5.74, 6) is -0.151. The van der Waals surface area contributed by atoms with E-state index in [-0.39, 0.29) is 11.7 Å². The highest BCUT2D eigenvalue weighted by Crippen LogP contribution is 2.09. The number of carbonyl (C=O) groups excluding carboxylic acids is 1. The van der Waals surface area contributed by atoms with Crippen LogP contribution in [0.1, 0.15) is 25.3 Å². The standard InChI is InChI=1S/C15H21FN2O/c1-2-18(11-14-4-3-9-17-14)15(19)10-12-5-7-13(16)8-6-12/h5-8,14,17H,2-4,9-11H2,1H3. The third-order valence-corrected chi connectivity index (χ3v) is 3.61. The van der Waals surface area contributed by atoms with Crippen LogP contribution in [-0.2, 0) is 11.2 Å². The van der Waals surface area contributed by atoms with Gasteiger partial charge in [0.25, 0.3) is 0 Å². The van der Waals surface area contributed by atoms with Gasteiger partial charge in [0, 0.05) is 19.1 Å². The first-order valence-corrected chi connectivity index (χ1v) is 6.94. The molecule has 0 bridgehead atoms. The van der Waals surface area contributed by atoms with Crippen molar-refractivity contribution in [3.05, 3.63) is 35.6 Å². The van der Waals surface area contributed by atoms with Gasteiger partial charge in [0.15, 0.2) is 0 Å². The Morgan fingerprint density at radius 3 is 2.74 bits per heavy atom. The van der Waals surface area contributed by atoms with E-state index in [0.29, 0.717) is 12.5 Å². The largest absolute Gasteiger partial charge is 0.341 e. The molecule has 0 radical (unpaired) electrons. The second-order valence-electron chi connectivity index (χ2n) is 5.03. The maximum atomic E-state index is 12.8. The molecule has 1 aromatic carbocycles. The van der Waals surface area contributed by atoms with Crippen LogP contribution in [0, 0.1) is 5.82 Å². The summed E-state index contributed by atoms with van der Waals surface area (Å²) in [6, 6.07) is 6.58. The molecule has 4 heteroatoms. The molecule has 1 aromatic rings. The van der Waals surface area contributed by atoms with Crippen LogP contribution in [0.3, 0.4) is 0 Å². The molecule has 1 unspecified atom stereocenters. The molecule has 1 atom stereocenters. The number of likely N-dealkylation sites (N-methyl/N-ethyl adjacent to an activating group) is 1. The number of nitrogens with zero attached hydrogens (tertiary/aromatic N) is 1. The summed E-state index contributed by atoms with van der Waals surface area (Å²) in [5.41, 5.74) is 0.865. The molecule has 1 fully saturated rings. The van der Waals surface area contributed by atoms with Gasteiger partial charge in [-0.3, -0.25) is 4.79 Å². The SMILES string of the molecule is CCN(CC1CCCN1)C(=O)Cc1ccc(F)cc1. The predicted molar refractivity (Wildman–Crippen MR) is 73.4 cm³/mol. The molecule has 19 heavy (non-hydrogen) atoms. The Morgan fingerprint density at radius 1 is 1.42 bits per heavy atom. The van der Waals surface area contributed by atoms with Crippen molar-refractivity contribution in [2.24, 2.45) is 0 Å². The maximum Gasteiger partial charge on any atom is 0.227 e. The number of nitrogens with one attached hydrogen (secondary N) is 1. The molecule has 1 heterocycles. The van der Waals surface area contributed by atoms with Crippen molar-refractivity contribution in [3.63, 3.8) is 0 Å². The zero-order valence-corrected chi connectivity index (χ0v) is 11.4. The van der Waals surface area contributed by atoms with Crippen LogP contribution in [0.5, 0.6) is 0 Å². The topological polar surface area (TPSA) is 32.3 Å². The van der Waals surface area contributed by atoms with Gasteiger partial charge in [-0.2, -0.15) is 0 Å². The molecule has 1 N–H and O–H groups in total. The van der Waals surface area contributed by atoms with E-state index in [0.717, 1.165) is 31.6 Å². The fourth-order valence-corrected chi connectivity index (χ4v) is 2.47. The van der Waals surface area contributed by atoms with Crippen LogP contribution in [-0.4, -0.2) is 36.5 Å². The Balaban J connectivity index is 1.90. The average Bonchev–Trinajstić information content (AvgIpc) is 2.91. The summed E-state index contributed by atoms with van der Waals surface area (Å²) in [5, 5.41) is 3.40. The van der Waals surface area contributed by atoms with Gasteiger partial charge in [0.05, 0.1) is 6.42 Å². The van der Waals surface area contributed by atoms with Gasteiger partial charge < -0.3 is 10.2 Å². The van der Waals surface area contributed by atoms with Crippen molar-refractivity contribution in [2.75, 3.05) is 19.6 Å². The van der Waals surface area contributed by atoms with Gasteiger partial charge >= 0.3 is 0 Å². The molecule has 0 aromatic heterocycles. The number of amides is 1. The van der Waals surface area contributed by atoms with E-state index in [2.05, 4.69) is 5.32 Å². The minimum atomic E-state index is -0.265. The summed E-state index contributed by atoms with van der Waals surface area (Å²) < 4.78 is 12.8. The summed E-state index contributed by atoms with van der Waals surface area (Å²) in [7, 11) is 0. The van der Waals surface area contributed by atoms with Gasteiger partial charge in [0.2, 0.25) is 5.91 Å². The summed E-state index contributed by atoms with van der Waals surface area (Å²) in [4.78, 5) is 14.1. The second kappa shape index (κ2) is 6.66. The molecule has 0 saturated carbocycles. The quantitative estimate of drug-likeness (QED) is 0.882. The zero-order chi connectivity index (χ0) is 13.7. The van der Waals surface area contributed by atoms with Gasteiger partial charge in [-0.1, -0.05) is 12.1 Å². The fraction of sp³-hybridized carbons (Fsp3) is 0.533. The van der Waals surface area contributed by atoms with Gasteiger partial charge in [-0.05, 0) is 44.0 Å². The molecule has 1 aliphatic rings. The van der Waals surface area contributed by atoms with Crippen molar-refractivity contribution >= 4 is 5.91 Å². The van der Waals surface area contributed by atoms with Crippen LogP contribution in [0.15, 0.2) is 24.3 Å². The third-order valence-electron chi connectivity index (χ3n) is 3.61. The number of halogens is 1. The van der Waals surface area contributed by atoms with Crippen LogP contribution in [0.4, 0.5) is 4.39 Å². The normalized spacial score (nSPS) is 18.5. The monoisotopic (exact) mass is 264 g/mol. The van der Waals surface area contributed by atoms with Crippen molar-refractivity contribution in [2.45, 2.75) is 32.2 Å². The van der Waals surface area contributed by atoms with Crippen molar-refractivity contribution < 1.29 is 9.18 Å². The lowest BCUT2D eigenvalue weighted by Gasteiger charge is -2.24. The first-order chi connectivity index (χ1) is 9.19. The molecular weight excluding hydrogens is 243 g/mol. The molecule has 104 valence electrons. The molecule has 1 saturated heterocycles. The smallest absolute Gasteiger partial charge is 0.227 e. The number of rotatable bonds is 5. The Morgan fingerprint density at radius 2 is 2.16 bits per heavy atom. The summed E-state index contributed by atoms with van der Waals surface area (Å²) in [6.45, 7) is 4.54. The Kier molecular flexibility index (Phi) is 4.91. The third kappa shape index (κ3) is 4.03. The Labute approximate surface area is 113 Å². The number of benzene rings is 1. The van der Waals surface area contributed by atoms with Gasteiger partial charge in [-0.25, -0.2) is 4.39 Å². The van der Waals surface area contributed by atoms with E-state index in [1.807, 2.05) is 11.8 Å². The molecule has 0 spiro atoms. The maximum absolute atomic E-state index is 12.8. The van der Waals surface area contributed by atoms with Crippen LogP contribution < -0.4 is 5.32 Å². The summed E-state index contributed by atoms with van der Waals surface area (Å²) >= 11 is 0. The van der Waals surface area contributed by atoms with Crippen molar-refractivity contribution in [3.8, 4) is 0 Å². The van der Waals surface area contributed by atoms with E-state index in [4.69, 9.17) is 0 Å². The number of carbonyl (C=O) groups is 1. The predicted octanol–water partition coefficient (Wildman–Crippen LogP) is 1.97. The van der Waals surface area contributed by atoms with E-state index < -0.39 is 0 Å². The first-order valence-electron chi connectivity index (χ1n) is 6.94. The molecule has 2 rings (SSSR count). The van der Waals surface area contributed by atoms with Crippen molar-refractivity contribution in [1.82, 2.24) is 10.2 Å². The van der Waals surface area contributed by atoms with Crippen molar-refractivity contribution in [1.29, 1.82) is 0 Å². The van der Waals surface area contributed by atoms with E-state index in [1.54, 1.807) is 12.1 Å². The minimum Gasteiger partial charge on any atom is -0.341 e. The Bertz CT molecular complexity index is 413. The minimum absolute atomic E-state index is 0.114. The van der Waals surface area contributed by atoms with E-state index in [9.17, 15) is 9.18 Å². The molecular formula is C15H21FN2O. The highest BCUT2D eigenvalue weighted by molar-refractivity contribution is 5.78. The number of hydrogen-bond acceptors (Lipinski definition) is 2. The highest BCUT2D eigenvalue weighted by Gasteiger charge is 2.20. The molecule has 3 nitrogen and oxygen atoms in total. The van der Waals surface area contributed by atoms with Gasteiger partial charge in [0.1, 0.15) is 5.82 Å².